The molecule has 6 nitrogen and oxygen atoms in total. The predicted molar refractivity (Wildman–Crippen MR) is 120 cm³/mol. The monoisotopic (exact) mass is 438 g/mol. The number of halogens is 1. The first kappa shape index (κ1) is 21.3. The third-order valence-electron chi connectivity index (χ3n) is 5.00. The lowest BCUT2D eigenvalue weighted by Crippen LogP contribution is -2.33. The van der Waals surface area contributed by atoms with Gasteiger partial charge in [-0.15, -0.1) is 0 Å². The average molecular weight is 439 g/mol. The van der Waals surface area contributed by atoms with E-state index in [1.807, 2.05) is 60.7 Å². The summed E-state index contributed by atoms with van der Waals surface area (Å²) in [7, 11) is 0. The molecule has 1 saturated heterocycles. The van der Waals surface area contributed by atoms with Crippen molar-refractivity contribution in [3.63, 3.8) is 0 Å². The van der Waals surface area contributed by atoms with Crippen LogP contribution in [-0.4, -0.2) is 31.1 Å². The molecular weight excluding hydrogens is 416 g/mol. The van der Waals surface area contributed by atoms with Crippen molar-refractivity contribution in [2.45, 2.75) is 25.7 Å². The normalized spacial score (nSPS) is 15.4. The Labute approximate surface area is 185 Å². The van der Waals surface area contributed by atoms with Gasteiger partial charge in [-0.25, -0.2) is 5.43 Å². The smallest absolute Gasteiger partial charge is 0.245 e. The number of hydrogen-bond acceptors (Lipinski definition) is 5. The SMILES string of the molecule is CC1(CC(=O)N/N=C\c2c(OCc3ccc(Cl)cc3)ccc3ccccc23)OCCO1. The first-order chi connectivity index (χ1) is 15.0. The molecule has 0 aliphatic carbocycles. The molecule has 0 unspecified atom stereocenters. The summed E-state index contributed by atoms with van der Waals surface area (Å²) in [5, 5.41) is 6.87. The van der Waals surface area contributed by atoms with Crippen LogP contribution in [0, 0.1) is 0 Å². The van der Waals surface area contributed by atoms with E-state index in [2.05, 4.69) is 10.5 Å². The van der Waals surface area contributed by atoms with Gasteiger partial charge in [0.25, 0.3) is 0 Å². The highest BCUT2D eigenvalue weighted by Crippen LogP contribution is 2.28. The summed E-state index contributed by atoms with van der Waals surface area (Å²) in [4.78, 5) is 12.3. The van der Waals surface area contributed by atoms with E-state index in [1.54, 1.807) is 13.1 Å². The number of fused-ring (bicyclic) bond motifs is 1. The lowest BCUT2D eigenvalue weighted by Gasteiger charge is -2.20. The summed E-state index contributed by atoms with van der Waals surface area (Å²) in [6.45, 7) is 3.10. The van der Waals surface area contributed by atoms with Gasteiger partial charge in [-0.3, -0.25) is 4.79 Å². The van der Waals surface area contributed by atoms with Gasteiger partial charge in [0.2, 0.25) is 5.91 Å². The number of carbonyl (C=O) groups excluding carboxylic acids is 1. The molecular formula is C24H23ClN2O4. The fraction of sp³-hybridized carbons (Fsp3) is 0.250. The minimum Gasteiger partial charge on any atom is -0.488 e. The van der Waals surface area contributed by atoms with Crippen molar-refractivity contribution in [2.24, 2.45) is 5.10 Å². The number of rotatable bonds is 7. The fourth-order valence-electron chi connectivity index (χ4n) is 3.44. The Bertz CT molecular complexity index is 1090. The van der Waals surface area contributed by atoms with Crippen LogP contribution in [0.3, 0.4) is 0 Å². The molecule has 4 rings (SSSR count). The van der Waals surface area contributed by atoms with E-state index in [9.17, 15) is 4.79 Å². The molecule has 3 aromatic carbocycles. The maximum absolute atomic E-state index is 12.3. The summed E-state index contributed by atoms with van der Waals surface area (Å²) >= 11 is 5.96. The van der Waals surface area contributed by atoms with Gasteiger partial charge in [0, 0.05) is 10.6 Å². The molecule has 1 amide bonds. The topological polar surface area (TPSA) is 69.2 Å². The second kappa shape index (κ2) is 9.47. The maximum Gasteiger partial charge on any atom is 0.245 e. The Morgan fingerprint density at radius 3 is 2.65 bits per heavy atom. The highest BCUT2D eigenvalue weighted by molar-refractivity contribution is 6.30. The van der Waals surface area contributed by atoms with E-state index in [-0.39, 0.29) is 12.3 Å². The Morgan fingerprint density at radius 2 is 1.87 bits per heavy atom. The molecule has 3 aromatic rings. The standard InChI is InChI=1S/C24H23ClN2O4/c1-24(30-12-13-31-24)14-23(28)27-26-15-21-20-5-3-2-4-18(20)8-11-22(21)29-16-17-6-9-19(25)10-7-17/h2-11,15H,12-14,16H2,1H3,(H,27,28)/b26-15-. The van der Waals surface area contributed by atoms with Crippen molar-refractivity contribution in [2.75, 3.05) is 13.2 Å². The highest BCUT2D eigenvalue weighted by atomic mass is 35.5. The van der Waals surface area contributed by atoms with Gasteiger partial charge in [0.05, 0.1) is 25.8 Å². The zero-order chi connectivity index (χ0) is 21.7. The van der Waals surface area contributed by atoms with Crippen LogP contribution in [0.1, 0.15) is 24.5 Å². The van der Waals surface area contributed by atoms with Crippen LogP contribution in [0.5, 0.6) is 5.75 Å². The maximum atomic E-state index is 12.3. The number of hydrazone groups is 1. The van der Waals surface area contributed by atoms with Crippen molar-refractivity contribution < 1.29 is 19.0 Å². The van der Waals surface area contributed by atoms with E-state index in [4.69, 9.17) is 25.8 Å². The summed E-state index contributed by atoms with van der Waals surface area (Å²) in [5.74, 6) is -0.517. The van der Waals surface area contributed by atoms with Crippen molar-refractivity contribution in [1.82, 2.24) is 5.43 Å². The second-order valence-corrected chi connectivity index (χ2v) is 7.85. The minimum atomic E-state index is -0.897. The van der Waals surface area contributed by atoms with Gasteiger partial charge >= 0.3 is 0 Å². The summed E-state index contributed by atoms with van der Waals surface area (Å²) in [6.07, 6.45) is 1.68. The molecule has 1 aliphatic heterocycles. The van der Waals surface area contributed by atoms with Crippen molar-refractivity contribution in [3.05, 3.63) is 76.8 Å². The first-order valence-electron chi connectivity index (χ1n) is 10.0. The second-order valence-electron chi connectivity index (χ2n) is 7.41. The van der Waals surface area contributed by atoms with Gasteiger partial charge in [0.1, 0.15) is 12.4 Å². The molecule has 0 saturated carbocycles. The number of nitrogens with one attached hydrogen (secondary N) is 1. The quantitative estimate of drug-likeness (QED) is 0.429. The molecule has 1 heterocycles. The van der Waals surface area contributed by atoms with Gasteiger partial charge in [-0.05, 0) is 41.5 Å². The molecule has 1 N–H and O–H groups in total. The Kier molecular flexibility index (Phi) is 6.51. The van der Waals surface area contributed by atoms with Crippen LogP contribution in [0.15, 0.2) is 65.8 Å². The Balaban J connectivity index is 1.51. The highest BCUT2D eigenvalue weighted by Gasteiger charge is 2.33. The van der Waals surface area contributed by atoms with Gasteiger partial charge < -0.3 is 14.2 Å². The van der Waals surface area contributed by atoms with Crippen LogP contribution in [0.25, 0.3) is 10.8 Å². The van der Waals surface area contributed by atoms with Crippen molar-refractivity contribution in [3.8, 4) is 5.75 Å². The molecule has 160 valence electrons. The fourth-order valence-corrected chi connectivity index (χ4v) is 3.56. The van der Waals surface area contributed by atoms with Crippen molar-refractivity contribution in [1.29, 1.82) is 0 Å². The Morgan fingerprint density at radius 1 is 1.13 bits per heavy atom. The first-order valence-corrected chi connectivity index (χ1v) is 10.4. The third kappa shape index (κ3) is 5.41. The number of ether oxygens (including phenoxy) is 3. The van der Waals surface area contributed by atoms with Gasteiger partial charge in [-0.1, -0.05) is 54.1 Å². The largest absolute Gasteiger partial charge is 0.488 e. The van der Waals surface area contributed by atoms with Gasteiger partial charge in [0.15, 0.2) is 5.79 Å². The molecule has 31 heavy (non-hydrogen) atoms. The Hall–Kier alpha value is -2.93. The van der Waals surface area contributed by atoms with E-state index in [1.165, 1.54) is 0 Å². The summed E-state index contributed by atoms with van der Waals surface area (Å²) in [5.41, 5.74) is 4.34. The summed E-state index contributed by atoms with van der Waals surface area (Å²) in [6, 6.07) is 19.3. The molecule has 0 radical (unpaired) electrons. The minimum absolute atomic E-state index is 0.0692. The third-order valence-corrected chi connectivity index (χ3v) is 5.25. The van der Waals surface area contributed by atoms with Gasteiger partial charge in [-0.2, -0.15) is 5.10 Å². The zero-order valence-corrected chi connectivity index (χ0v) is 17.9. The van der Waals surface area contributed by atoms with Crippen LogP contribution < -0.4 is 10.2 Å². The molecule has 1 fully saturated rings. The van der Waals surface area contributed by atoms with Crippen LogP contribution >= 0.6 is 11.6 Å². The number of amides is 1. The predicted octanol–water partition coefficient (Wildman–Crippen LogP) is 4.68. The van der Waals surface area contributed by atoms with E-state index in [0.29, 0.717) is 30.6 Å². The van der Waals surface area contributed by atoms with E-state index >= 15 is 0 Å². The molecule has 0 atom stereocenters. The molecule has 1 aliphatic rings. The number of hydrogen-bond donors (Lipinski definition) is 1. The average Bonchev–Trinajstić information content (AvgIpc) is 3.19. The van der Waals surface area contributed by atoms with E-state index < -0.39 is 5.79 Å². The van der Waals surface area contributed by atoms with Crippen LogP contribution in [-0.2, 0) is 20.9 Å². The zero-order valence-electron chi connectivity index (χ0n) is 17.1. The molecule has 0 spiro atoms. The van der Waals surface area contributed by atoms with Crippen LogP contribution in [0.4, 0.5) is 0 Å². The number of nitrogens with zero attached hydrogens (tertiary/aromatic N) is 1. The lowest BCUT2D eigenvalue weighted by atomic mass is 10.0. The lowest BCUT2D eigenvalue weighted by molar-refractivity contribution is -0.159. The number of benzene rings is 3. The van der Waals surface area contributed by atoms with E-state index in [0.717, 1.165) is 21.9 Å². The molecule has 0 bridgehead atoms. The van der Waals surface area contributed by atoms with Crippen LogP contribution in [0.2, 0.25) is 5.02 Å². The number of carbonyl (C=O) groups is 1. The summed E-state index contributed by atoms with van der Waals surface area (Å²) < 4.78 is 17.0. The molecule has 7 heteroatoms. The van der Waals surface area contributed by atoms with Crippen molar-refractivity contribution >= 4 is 34.5 Å². The molecule has 0 aromatic heterocycles.